The van der Waals surface area contributed by atoms with Gasteiger partial charge < -0.3 is 5.73 Å². The van der Waals surface area contributed by atoms with Crippen LogP contribution in [0.15, 0.2) is 16.8 Å². The van der Waals surface area contributed by atoms with Crippen LogP contribution in [0, 0.1) is 11.8 Å². The number of nitrogens with two attached hydrogens (primary N) is 1. The summed E-state index contributed by atoms with van der Waals surface area (Å²) >= 11 is 1.73. The first-order chi connectivity index (χ1) is 5.29. The lowest BCUT2D eigenvalue weighted by Gasteiger charge is -2.07. The molecule has 1 aromatic rings. The second kappa shape index (κ2) is 2.61. The van der Waals surface area contributed by atoms with Gasteiger partial charge in [0, 0.05) is 6.04 Å². The van der Waals surface area contributed by atoms with Crippen LogP contribution in [0.2, 0.25) is 0 Å². The zero-order chi connectivity index (χ0) is 7.84. The van der Waals surface area contributed by atoms with Crippen molar-refractivity contribution in [3.63, 3.8) is 0 Å². The SMILES string of the molecule is CC1CC1C(N)c1ccsc1. The second-order valence-electron chi connectivity index (χ2n) is 3.46. The summed E-state index contributed by atoms with van der Waals surface area (Å²) in [4.78, 5) is 0. The number of rotatable bonds is 2. The molecule has 0 aliphatic heterocycles. The molecule has 2 heteroatoms. The first-order valence-corrected chi connectivity index (χ1v) is 5.01. The molecule has 2 N–H and O–H groups in total. The van der Waals surface area contributed by atoms with Crippen LogP contribution in [0.25, 0.3) is 0 Å². The van der Waals surface area contributed by atoms with Crippen molar-refractivity contribution < 1.29 is 0 Å². The third-order valence-corrected chi connectivity index (χ3v) is 3.26. The molecule has 0 saturated heterocycles. The van der Waals surface area contributed by atoms with E-state index in [1.54, 1.807) is 11.3 Å². The van der Waals surface area contributed by atoms with E-state index in [9.17, 15) is 0 Å². The van der Waals surface area contributed by atoms with Gasteiger partial charge in [-0.05, 0) is 40.6 Å². The summed E-state index contributed by atoms with van der Waals surface area (Å²) in [7, 11) is 0. The van der Waals surface area contributed by atoms with E-state index in [1.807, 2.05) is 0 Å². The molecular weight excluding hydrogens is 154 g/mol. The highest BCUT2D eigenvalue weighted by atomic mass is 32.1. The fourth-order valence-corrected chi connectivity index (χ4v) is 2.27. The molecule has 3 unspecified atom stereocenters. The Balaban J connectivity index is 2.06. The van der Waals surface area contributed by atoms with Gasteiger partial charge in [-0.2, -0.15) is 11.3 Å². The topological polar surface area (TPSA) is 26.0 Å². The molecule has 0 aromatic carbocycles. The van der Waals surface area contributed by atoms with E-state index in [-0.39, 0.29) is 0 Å². The molecule has 60 valence electrons. The van der Waals surface area contributed by atoms with Crippen molar-refractivity contribution in [2.24, 2.45) is 17.6 Å². The van der Waals surface area contributed by atoms with Crippen LogP contribution in [0.5, 0.6) is 0 Å². The summed E-state index contributed by atoms with van der Waals surface area (Å²) in [5, 5.41) is 4.26. The van der Waals surface area contributed by atoms with Crippen LogP contribution in [-0.2, 0) is 0 Å². The standard InChI is InChI=1S/C9H13NS/c1-6-4-8(6)9(10)7-2-3-11-5-7/h2-3,5-6,8-9H,4,10H2,1H3. The molecule has 0 spiro atoms. The Hall–Kier alpha value is -0.340. The van der Waals surface area contributed by atoms with Gasteiger partial charge in [0.2, 0.25) is 0 Å². The van der Waals surface area contributed by atoms with E-state index in [1.165, 1.54) is 12.0 Å². The van der Waals surface area contributed by atoms with Crippen molar-refractivity contribution >= 4 is 11.3 Å². The highest BCUT2D eigenvalue weighted by Gasteiger charge is 2.38. The minimum Gasteiger partial charge on any atom is -0.324 e. The van der Waals surface area contributed by atoms with Crippen LogP contribution in [0.3, 0.4) is 0 Å². The molecule has 1 aromatic heterocycles. The van der Waals surface area contributed by atoms with Gasteiger partial charge in [0.15, 0.2) is 0 Å². The normalized spacial score (nSPS) is 31.8. The summed E-state index contributed by atoms with van der Waals surface area (Å²) < 4.78 is 0. The molecule has 1 aliphatic rings. The van der Waals surface area contributed by atoms with Gasteiger partial charge in [0.05, 0.1) is 0 Å². The Kier molecular flexibility index (Phi) is 1.74. The summed E-state index contributed by atoms with van der Waals surface area (Å²) in [6.45, 7) is 2.27. The zero-order valence-electron chi connectivity index (χ0n) is 6.66. The Bertz CT molecular complexity index is 230. The molecule has 2 rings (SSSR count). The van der Waals surface area contributed by atoms with Gasteiger partial charge in [-0.25, -0.2) is 0 Å². The third-order valence-electron chi connectivity index (χ3n) is 2.56. The Labute approximate surface area is 71.2 Å². The molecule has 1 fully saturated rings. The largest absolute Gasteiger partial charge is 0.324 e. The summed E-state index contributed by atoms with van der Waals surface area (Å²) in [6, 6.07) is 2.44. The predicted octanol–water partition coefficient (Wildman–Crippen LogP) is 2.40. The maximum Gasteiger partial charge on any atom is 0.0334 e. The first-order valence-electron chi connectivity index (χ1n) is 4.06. The summed E-state index contributed by atoms with van der Waals surface area (Å²) in [5.74, 6) is 1.61. The minimum atomic E-state index is 0.302. The Morgan fingerprint density at radius 2 is 2.45 bits per heavy atom. The Morgan fingerprint density at radius 1 is 1.73 bits per heavy atom. The van der Waals surface area contributed by atoms with Crippen LogP contribution < -0.4 is 5.73 Å². The maximum atomic E-state index is 6.04. The maximum absolute atomic E-state index is 6.04. The fourth-order valence-electron chi connectivity index (χ4n) is 1.56. The highest BCUT2D eigenvalue weighted by Crippen LogP contribution is 2.45. The van der Waals surface area contributed by atoms with Gasteiger partial charge in [-0.1, -0.05) is 6.92 Å². The lowest BCUT2D eigenvalue weighted by atomic mass is 10.1. The van der Waals surface area contributed by atoms with Gasteiger partial charge in [-0.15, -0.1) is 0 Å². The van der Waals surface area contributed by atoms with E-state index in [4.69, 9.17) is 5.73 Å². The average molecular weight is 167 g/mol. The minimum absolute atomic E-state index is 0.302. The first kappa shape index (κ1) is 7.32. The van der Waals surface area contributed by atoms with Crippen molar-refractivity contribution in [1.82, 2.24) is 0 Å². The van der Waals surface area contributed by atoms with E-state index in [0.29, 0.717) is 6.04 Å². The highest BCUT2D eigenvalue weighted by molar-refractivity contribution is 7.07. The number of hydrogen-bond donors (Lipinski definition) is 1. The van der Waals surface area contributed by atoms with E-state index in [2.05, 4.69) is 23.8 Å². The quantitative estimate of drug-likeness (QED) is 0.719. The van der Waals surface area contributed by atoms with Gasteiger partial charge >= 0.3 is 0 Å². The van der Waals surface area contributed by atoms with Crippen LogP contribution in [-0.4, -0.2) is 0 Å². The van der Waals surface area contributed by atoms with Gasteiger partial charge in [-0.3, -0.25) is 0 Å². The van der Waals surface area contributed by atoms with Gasteiger partial charge in [0.25, 0.3) is 0 Å². The second-order valence-corrected chi connectivity index (χ2v) is 4.24. The van der Waals surface area contributed by atoms with Crippen molar-refractivity contribution in [2.75, 3.05) is 0 Å². The van der Waals surface area contributed by atoms with Crippen LogP contribution >= 0.6 is 11.3 Å². The van der Waals surface area contributed by atoms with Crippen molar-refractivity contribution in [1.29, 1.82) is 0 Å². The Morgan fingerprint density at radius 3 is 2.91 bits per heavy atom. The third kappa shape index (κ3) is 1.33. The van der Waals surface area contributed by atoms with Crippen molar-refractivity contribution in [3.05, 3.63) is 22.4 Å². The molecule has 3 atom stereocenters. The molecule has 1 nitrogen and oxygen atoms in total. The molecular formula is C9H13NS. The van der Waals surface area contributed by atoms with Crippen LogP contribution in [0.1, 0.15) is 24.9 Å². The average Bonchev–Trinajstić information content (AvgIpc) is 2.56. The molecule has 0 bridgehead atoms. The van der Waals surface area contributed by atoms with Crippen molar-refractivity contribution in [3.8, 4) is 0 Å². The molecule has 1 heterocycles. The lowest BCUT2D eigenvalue weighted by Crippen LogP contribution is -2.12. The molecule has 0 radical (unpaired) electrons. The number of thiophene rings is 1. The smallest absolute Gasteiger partial charge is 0.0334 e. The zero-order valence-corrected chi connectivity index (χ0v) is 7.47. The monoisotopic (exact) mass is 167 g/mol. The van der Waals surface area contributed by atoms with Crippen molar-refractivity contribution in [2.45, 2.75) is 19.4 Å². The lowest BCUT2D eigenvalue weighted by molar-refractivity contribution is 0.595. The molecule has 1 saturated carbocycles. The van der Waals surface area contributed by atoms with Gasteiger partial charge in [0.1, 0.15) is 0 Å². The number of hydrogen-bond acceptors (Lipinski definition) is 2. The summed E-state index contributed by atoms with van der Waals surface area (Å²) in [6.07, 6.45) is 1.32. The van der Waals surface area contributed by atoms with E-state index < -0.39 is 0 Å². The fraction of sp³-hybridized carbons (Fsp3) is 0.556. The molecule has 0 amide bonds. The van der Waals surface area contributed by atoms with E-state index in [0.717, 1.165) is 11.8 Å². The van der Waals surface area contributed by atoms with Crippen LogP contribution in [0.4, 0.5) is 0 Å². The summed E-state index contributed by atoms with van der Waals surface area (Å²) in [5.41, 5.74) is 7.37. The molecule has 11 heavy (non-hydrogen) atoms. The molecule has 1 aliphatic carbocycles. The van der Waals surface area contributed by atoms with E-state index >= 15 is 0 Å². The predicted molar refractivity (Wildman–Crippen MR) is 48.5 cm³/mol.